The summed E-state index contributed by atoms with van der Waals surface area (Å²) >= 11 is 0. The van der Waals surface area contributed by atoms with Crippen molar-refractivity contribution in [1.82, 2.24) is 0 Å². The van der Waals surface area contributed by atoms with Crippen LogP contribution < -0.4 is 10.2 Å². The Morgan fingerprint density at radius 3 is 1.94 bits per heavy atom. The number of hydrogen-bond donors (Lipinski definition) is 0. The molecule has 0 amide bonds. The Balaban J connectivity index is 2.23. The molecule has 16 heavy (non-hydrogen) atoms. The van der Waals surface area contributed by atoms with E-state index in [4.69, 9.17) is 12.6 Å². The highest BCUT2D eigenvalue weighted by atomic mass is 19.1. The molecule has 0 heterocycles. The smallest absolute Gasteiger partial charge is 0.133 e. The van der Waals surface area contributed by atoms with Crippen LogP contribution in [0.2, 0.25) is 0 Å². The number of hydrogen-bond acceptors (Lipinski definition) is 1. The molecule has 2 aromatic carbocycles. The number of halogens is 2. The Morgan fingerprint density at radius 1 is 0.812 bits per heavy atom. The molecule has 0 saturated heterocycles. The molecule has 0 saturated carbocycles. The lowest BCUT2D eigenvalue weighted by molar-refractivity contribution is 0.468. The molecule has 78 valence electrons. The van der Waals surface area contributed by atoms with Crippen LogP contribution in [0.3, 0.4) is 0 Å². The summed E-state index contributed by atoms with van der Waals surface area (Å²) in [6.07, 6.45) is 0. The Morgan fingerprint density at radius 2 is 1.38 bits per heavy atom. The van der Waals surface area contributed by atoms with E-state index < -0.39 is 11.6 Å². The van der Waals surface area contributed by atoms with E-state index in [1.54, 1.807) is 24.3 Å². The molecule has 0 fully saturated rings. The van der Waals surface area contributed by atoms with Crippen molar-refractivity contribution in [3.63, 3.8) is 0 Å². The molecule has 0 aliphatic carbocycles. The molecule has 0 unspecified atom stereocenters. The summed E-state index contributed by atoms with van der Waals surface area (Å²) in [5, 5.41) is 0. The zero-order valence-electron chi connectivity index (χ0n) is 8.28. The molecule has 0 aliphatic rings. The van der Waals surface area contributed by atoms with Crippen molar-refractivity contribution in [1.29, 1.82) is 0 Å². The Kier molecular flexibility index (Phi) is 2.90. The van der Waals surface area contributed by atoms with Gasteiger partial charge in [-0.2, -0.15) is 0 Å². The van der Waals surface area contributed by atoms with E-state index in [9.17, 15) is 8.78 Å². The minimum atomic E-state index is -0.676. The Hall–Kier alpha value is -1.84. The minimum absolute atomic E-state index is 0.113. The molecule has 2 aromatic rings. The van der Waals surface area contributed by atoms with Gasteiger partial charge in [-0.15, -0.1) is 0 Å². The maximum Gasteiger partial charge on any atom is 0.133 e. The molecule has 0 aromatic heterocycles. The highest BCUT2D eigenvalue weighted by Crippen LogP contribution is 2.22. The largest absolute Gasteiger partial charge is 0.457 e. The van der Waals surface area contributed by atoms with Gasteiger partial charge in [0.15, 0.2) is 0 Å². The van der Waals surface area contributed by atoms with Crippen LogP contribution in [0.5, 0.6) is 11.5 Å². The van der Waals surface area contributed by atoms with Gasteiger partial charge >= 0.3 is 0 Å². The quantitative estimate of drug-likeness (QED) is 0.701. The van der Waals surface area contributed by atoms with Crippen LogP contribution in [-0.2, 0) is 0 Å². The molecule has 2 radical (unpaired) electrons. The summed E-state index contributed by atoms with van der Waals surface area (Å²) in [6.45, 7) is 0. The van der Waals surface area contributed by atoms with Gasteiger partial charge in [0.1, 0.15) is 31.0 Å². The lowest BCUT2D eigenvalue weighted by atomic mass is 9.97. The van der Waals surface area contributed by atoms with Gasteiger partial charge in [-0.25, -0.2) is 8.78 Å². The van der Waals surface area contributed by atoms with Gasteiger partial charge in [0, 0.05) is 18.2 Å². The fourth-order valence-electron chi connectivity index (χ4n) is 1.26. The van der Waals surface area contributed by atoms with Gasteiger partial charge in [-0.05, 0) is 12.1 Å². The summed E-state index contributed by atoms with van der Waals surface area (Å²) in [5.41, 5.74) is 0.595. The predicted octanol–water partition coefficient (Wildman–Crippen LogP) is 2.55. The molecule has 2 rings (SSSR count). The summed E-state index contributed by atoms with van der Waals surface area (Å²) in [6, 6.07) is 9.54. The van der Waals surface area contributed by atoms with E-state index in [0.29, 0.717) is 11.2 Å². The third-order valence-corrected chi connectivity index (χ3v) is 1.95. The van der Waals surface area contributed by atoms with Gasteiger partial charge in [0.25, 0.3) is 0 Å². The molecule has 0 bridgehead atoms. The molecule has 0 aliphatic heterocycles. The van der Waals surface area contributed by atoms with Crippen LogP contribution in [0.4, 0.5) is 8.78 Å². The van der Waals surface area contributed by atoms with Crippen molar-refractivity contribution in [2.75, 3.05) is 0 Å². The second-order valence-corrected chi connectivity index (χ2v) is 3.28. The first-order valence-corrected chi connectivity index (χ1v) is 4.63. The van der Waals surface area contributed by atoms with Crippen LogP contribution in [-0.4, -0.2) is 7.85 Å². The van der Waals surface area contributed by atoms with Gasteiger partial charge in [-0.1, -0.05) is 17.6 Å². The van der Waals surface area contributed by atoms with E-state index in [1.165, 1.54) is 0 Å². The van der Waals surface area contributed by atoms with Crippen LogP contribution >= 0.6 is 0 Å². The Labute approximate surface area is 93.1 Å². The lowest BCUT2D eigenvalue weighted by Gasteiger charge is -2.06. The van der Waals surface area contributed by atoms with Gasteiger partial charge < -0.3 is 4.74 Å². The van der Waals surface area contributed by atoms with E-state index >= 15 is 0 Å². The van der Waals surface area contributed by atoms with Crippen LogP contribution in [0.25, 0.3) is 0 Å². The third-order valence-electron chi connectivity index (χ3n) is 1.95. The summed E-state index contributed by atoms with van der Waals surface area (Å²) < 4.78 is 31.0. The maximum atomic E-state index is 12.9. The predicted molar refractivity (Wildman–Crippen MR) is 58.3 cm³/mol. The van der Waals surface area contributed by atoms with Crippen molar-refractivity contribution in [3.8, 4) is 11.5 Å². The van der Waals surface area contributed by atoms with Crippen LogP contribution in [0.15, 0.2) is 42.5 Å². The van der Waals surface area contributed by atoms with E-state index in [0.717, 1.165) is 18.2 Å². The van der Waals surface area contributed by atoms with Crippen molar-refractivity contribution in [2.45, 2.75) is 0 Å². The topological polar surface area (TPSA) is 9.23 Å². The summed E-state index contributed by atoms with van der Waals surface area (Å²) in [5.74, 6) is -0.766. The molecule has 0 N–H and O–H groups in total. The number of ether oxygens (including phenoxy) is 1. The fraction of sp³-hybridized carbons (Fsp3) is 0. The lowest BCUT2D eigenvalue weighted by Crippen LogP contribution is -1.99. The molecular weight excluding hydrogens is 209 g/mol. The summed E-state index contributed by atoms with van der Waals surface area (Å²) in [7, 11) is 5.49. The highest BCUT2D eigenvalue weighted by Gasteiger charge is 2.02. The maximum absolute atomic E-state index is 12.9. The normalized spacial score (nSPS) is 10.1. The monoisotopic (exact) mass is 216 g/mol. The van der Waals surface area contributed by atoms with Gasteiger partial charge in [-0.3, -0.25) is 0 Å². The zero-order chi connectivity index (χ0) is 11.5. The molecule has 1 nitrogen and oxygen atoms in total. The zero-order valence-corrected chi connectivity index (χ0v) is 8.28. The number of rotatable bonds is 2. The van der Waals surface area contributed by atoms with E-state index in [1.807, 2.05) is 0 Å². The second-order valence-electron chi connectivity index (χ2n) is 3.28. The van der Waals surface area contributed by atoms with Crippen molar-refractivity contribution < 1.29 is 13.5 Å². The average molecular weight is 216 g/mol. The first-order valence-electron chi connectivity index (χ1n) is 4.63. The van der Waals surface area contributed by atoms with Crippen molar-refractivity contribution in [2.24, 2.45) is 0 Å². The van der Waals surface area contributed by atoms with Crippen molar-refractivity contribution >= 4 is 13.3 Å². The average Bonchev–Trinajstić information content (AvgIpc) is 2.20. The Bertz CT molecular complexity index is 477. The first-order chi connectivity index (χ1) is 7.63. The molecule has 4 heteroatoms. The van der Waals surface area contributed by atoms with Crippen LogP contribution in [0.1, 0.15) is 0 Å². The highest BCUT2D eigenvalue weighted by molar-refractivity contribution is 6.32. The van der Waals surface area contributed by atoms with Crippen LogP contribution in [0, 0.1) is 11.6 Å². The molecule has 0 atom stereocenters. The first kappa shape index (κ1) is 10.7. The van der Waals surface area contributed by atoms with Gasteiger partial charge in [0.05, 0.1) is 0 Å². The van der Waals surface area contributed by atoms with E-state index in [2.05, 4.69) is 0 Å². The minimum Gasteiger partial charge on any atom is -0.457 e. The summed E-state index contributed by atoms with van der Waals surface area (Å²) in [4.78, 5) is 0. The SMILES string of the molecule is [B]c1ccc(Oc2cc(F)cc(F)c2)cc1. The fourth-order valence-corrected chi connectivity index (χ4v) is 1.26. The third kappa shape index (κ3) is 2.60. The van der Waals surface area contributed by atoms with Crippen molar-refractivity contribution in [3.05, 3.63) is 54.1 Å². The number of benzene rings is 2. The molecular formula is C12H7BF2O. The standard InChI is InChI=1S/C12H7BF2O/c13-8-1-3-11(4-2-8)16-12-6-9(14)5-10(15)7-12/h1-7H. The second kappa shape index (κ2) is 4.35. The van der Waals surface area contributed by atoms with E-state index in [-0.39, 0.29) is 5.75 Å². The molecule has 0 spiro atoms. The van der Waals surface area contributed by atoms with Gasteiger partial charge in [0.2, 0.25) is 0 Å².